The van der Waals surface area contributed by atoms with E-state index in [0.29, 0.717) is 13.1 Å². The van der Waals surface area contributed by atoms with Crippen LogP contribution >= 0.6 is 0 Å². The number of nitrogens with one attached hydrogen (secondary N) is 1. The zero-order chi connectivity index (χ0) is 14.3. The van der Waals surface area contributed by atoms with Gasteiger partial charge in [0, 0.05) is 32.5 Å². The first-order valence-electron chi connectivity index (χ1n) is 7.14. The van der Waals surface area contributed by atoms with E-state index in [1.165, 1.54) is 6.92 Å². The number of rotatable bonds is 4. The highest BCUT2D eigenvalue weighted by Gasteiger charge is 2.72. The van der Waals surface area contributed by atoms with Crippen molar-refractivity contribution in [1.29, 1.82) is 0 Å². The smallest absolute Gasteiger partial charge is 0.256 e. The molecule has 1 aliphatic carbocycles. The largest absolute Gasteiger partial charge is 0.352 e. The zero-order valence-corrected chi connectivity index (χ0v) is 12.0. The predicted octanol–water partition coefficient (Wildman–Crippen LogP) is 2.27. The SMILES string of the molecule is CC(=O)NC1CCCN(CC2(C(C)C)CC2(F)F)C1. The van der Waals surface area contributed by atoms with E-state index in [0.717, 1.165) is 19.4 Å². The van der Waals surface area contributed by atoms with Gasteiger partial charge in [-0.2, -0.15) is 0 Å². The first kappa shape index (κ1) is 14.7. The van der Waals surface area contributed by atoms with Crippen molar-refractivity contribution in [2.24, 2.45) is 11.3 Å². The molecule has 0 aromatic rings. The average Bonchev–Trinajstić information content (AvgIpc) is 2.81. The highest BCUT2D eigenvalue weighted by atomic mass is 19.3. The van der Waals surface area contributed by atoms with Gasteiger partial charge in [0.1, 0.15) is 0 Å². The maximum absolute atomic E-state index is 13.7. The van der Waals surface area contributed by atoms with E-state index in [4.69, 9.17) is 0 Å². The molecular weight excluding hydrogens is 250 g/mol. The number of hydrogen-bond acceptors (Lipinski definition) is 2. The second-order valence-corrected chi connectivity index (χ2v) is 6.47. The van der Waals surface area contributed by atoms with Crippen LogP contribution in [0.3, 0.4) is 0 Å². The molecule has 0 aromatic heterocycles. The molecule has 2 unspecified atom stereocenters. The molecule has 2 aliphatic rings. The summed E-state index contributed by atoms with van der Waals surface area (Å²) in [6, 6.07) is 0.114. The lowest BCUT2D eigenvalue weighted by atomic mass is 9.90. The highest BCUT2D eigenvalue weighted by molar-refractivity contribution is 5.73. The molecule has 110 valence electrons. The zero-order valence-electron chi connectivity index (χ0n) is 12.0. The molecule has 1 amide bonds. The van der Waals surface area contributed by atoms with Crippen LogP contribution in [0, 0.1) is 11.3 Å². The van der Waals surface area contributed by atoms with Crippen LogP contribution in [0.4, 0.5) is 8.78 Å². The van der Waals surface area contributed by atoms with E-state index >= 15 is 0 Å². The summed E-state index contributed by atoms with van der Waals surface area (Å²) < 4.78 is 27.3. The third kappa shape index (κ3) is 2.91. The second-order valence-electron chi connectivity index (χ2n) is 6.47. The first-order valence-corrected chi connectivity index (χ1v) is 7.14. The van der Waals surface area contributed by atoms with Gasteiger partial charge in [-0.15, -0.1) is 0 Å². The van der Waals surface area contributed by atoms with Crippen LogP contribution in [0.2, 0.25) is 0 Å². The summed E-state index contributed by atoms with van der Waals surface area (Å²) in [5.41, 5.74) is -0.842. The highest BCUT2D eigenvalue weighted by Crippen LogP contribution is 2.65. The van der Waals surface area contributed by atoms with Crippen LogP contribution < -0.4 is 5.32 Å². The number of amides is 1. The lowest BCUT2D eigenvalue weighted by Gasteiger charge is -2.36. The van der Waals surface area contributed by atoms with Crippen molar-refractivity contribution in [3.63, 3.8) is 0 Å². The number of carbonyl (C=O) groups excluding carboxylic acids is 1. The van der Waals surface area contributed by atoms with E-state index in [1.807, 2.05) is 13.8 Å². The summed E-state index contributed by atoms with van der Waals surface area (Å²) in [7, 11) is 0. The van der Waals surface area contributed by atoms with Crippen LogP contribution in [0.25, 0.3) is 0 Å². The van der Waals surface area contributed by atoms with Crippen LogP contribution in [0.5, 0.6) is 0 Å². The number of likely N-dealkylation sites (tertiary alicyclic amines) is 1. The molecular formula is C14H24F2N2O. The molecule has 1 N–H and O–H groups in total. The molecule has 1 aliphatic heterocycles. The number of hydrogen-bond donors (Lipinski definition) is 1. The molecule has 2 atom stereocenters. The predicted molar refractivity (Wildman–Crippen MR) is 70.1 cm³/mol. The Morgan fingerprint density at radius 1 is 1.47 bits per heavy atom. The molecule has 0 spiro atoms. The minimum absolute atomic E-state index is 0.0105. The Morgan fingerprint density at radius 2 is 2.11 bits per heavy atom. The van der Waals surface area contributed by atoms with Crippen LogP contribution in [0.15, 0.2) is 0 Å². The lowest BCUT2D eigenvalue weighted by Crippen LogP contribution is -2.49. The monoisotopic (exact) mass is 274 g/mol. The van der Waals surface area contributed by atoms with E-state index in [1.54, 1.807) is 0 Å². The Balaban J connectivity index is 1.94. The summed E-state index contributed by atoms with van der Waals surface area (Å²) >= 11 is 0. The minimum Gasteiger partial charge on any atom is -0.352 e. The Kier molecular flexibility index (Phi) is 3.87. The molecule has 2 fully saturated rings. The molecule has 0 bridgehead atoms. The van der Waals surface area contributed by atoms with Crippen molar-refractivity contribution in [2.75, 3.05) is 19.6 Å². The van der Waals surface area contributed by atoms with E-state index in [9.17, 15) is 13.6 Å². The van der Waals surface area contributed by atoms with Crippen molar-refractivity contribution in [1.82, 2.24) is 10.2 Å². The Morgan fingerprint density at radius 3 is 2.58 bits per heavy atom. The normalized spacial score (nSPS) is 34.3. The van der Waals surface area contributed by atoms with Crippen molar-refractivity contribution < 1.29 is 13.6 Å². The summed E-state index contributed by atoms with van der Waals surface area (Å²) in [4.78, 5) is 13.2. The fraction of sp³-hybridized carbons (Fsp3) is 0.929. The summed E-state index contributed by atoms with van der Waals surface area (Å²) in [6.07, 6.45) is 1.92. The van der Waals surface area contributed by atoms with Crippen molar-refractivity contribution >= 4 is 5.91 Å². The Bertz CT molecular complexity index is 359. The Hall–Kier alpha value is -0.710. The van der Waals surface area contributed by atoms with Gasteiger partial charge in [-0.3, -0.25) is 4.79 Å². The van der Waals surface area contributed by atoms with Gasteiger partial charge in [-0.05, 0) is 25.3 Å². The molecule has 5 heteroatoms. The number of piperidine rings is 1. The number of nitrogens with zero attached hydrogens (tertiary/aromatic N) is 1. The van der Waals surface area contributed by atoms with Crippen molar-refractivity contribution in [3.8, 4) is 0 Å². The number of halogens is 2. The van der Waals surface area contributed by atoms with Gasteiger partial charge in [-0.1, -0.05) is 13.8 Å². The van der Waals surface area contributed by atoms with Crippen LogP contribution in [0.1, 0.15) is 40.0 Å². The molecule has 3 nitrogen and oxygen atoms in total. The van der Waals surface area contributed by atoms with Gasteiger partial charge in [0.05, 0.1) is 5.41 Å². The molecule has 0 radical (unpaired) electrons. The van der Waals surface area contributed by atoms with Gasteiger partial charge in [0.15, 0.2) is 0 Å². The number of alkyl halides is 2. The molecule has 1 heterocycles. The van der Waals surface area contributed by atoms with E-state index < -0.39 is 11.3 Å². The third-order valence-electron chi connectivity index (χ3n) is 4.66. The van der Waals surface area contributed by atoms with Crippen LogP contribution in [-0.4, -0.2) is 42.4 Å². The first-order chi connectivity index (χ1) is 8.77. The third-order valence-corrected chi connectivity index (χ3v) is 4.66. The van der Waals surface area contributed by atoms with Crippen molar-refractivity contribution in [3.05, 3.63) is 0 Å². The lowest BCUT2D eigenvalue weighted by molar-refractivity contribution is -0.120. The maximum atomic E-state index is 13.7. The Labute approximate surface area is 113 Å². The van der Waals surface area contributed by atoms with Gasteiger partial charge in [0.25, 0.3) is 5.92 Å². The quantitative estimate of drug-likeness (QED) is 0.853. The van der Waals surface area contributed by atoms with Gasteiger partial charge < -0.3 is 10.2 Å². The van der Waals surface area contributed by atoms with Crippen molar-refractivity contribution in [2.45, 2.75) is 52.0 Å². The topological polar surface area (TPSA) is 32.3 Å². The van der Waals surface area contributed by atoms with Gasteiger partial charge in [-0.25, -0.2) is 8.78 Å². The summed E-state index contributed by atoms with van der Waals surface area (Å²) in [5, 5.41) is 2.90. The van der Waals surface area contributed by atoms with Crippen LogP contribution in [-0.2, 0) is 4.79 Å². The molecule has 2 rings (SSSR count). The molecule has 19 heavy (non-hydrogen) atoms. The maximum Gasteiger partial charge on any atom is 0.256 e. The standard InChI is InChI=1S/C14H24F2N2O/c1-10(2)13(8-14(13,15)16)9-18-6-4-5-12(7-18)17-11(3)19/h10,12H,4-9H2,1-3H3,(H,17,19). The van der Waals surface area contributed by atoms with E-state index in [2.05, 4.69) is 10.2 Å². The molecule has 0 aromatic carbocycles. The minimum atomic E-state index is -2.51. The van der Waals surface area contributed by atoms with Gasteiger partial charge >= 0.3 is 0 Å². The summed E-state index contributed by atoms with van der Waals surface area (Å²) in [6.45, 7) is 7.29. The summed E-state index contributed by atoms with van der Waals surface area (Å²) in [5.74, 6) is -2.56. The molecule has 1 saturated heterocycles. The number of carbonyl (C=O) groups is 1. The second kappa shape index (κ2) is 5.00. The molecule has 1 saturated carbocycles. The fourth-order valence-electron chi connectivity index (χ4n) is 3.34. The van der Waals surface area contributed by atoms with Gasteiger partial charge in [0.2, 0.25) is 5.91 Å². The average molecular weight is 274 g/mol. The van der Waals surface area contributed by atoms with E-state index in [-0.39, 0.29) is 24.3 Å². The fourth-order valence-corrected chi connectivity index (χ4v) is 3.34.